The fourth-order valence-corrected chi connectivity index (χ4v) is 3.74. The van der Waals surface area contributed by atoms with Crippen LogP contribution in [0.1, 0.15) is 19.3 Å². The van der Waals surface area contributed by atoms with Crippen molar-refractivity contribution >= 4 is 6.09 Å². The van der Waals surface area contributed by atoms with Gasteiger partial charge in [-0.1, -0.05) is 0 Å². The van der Waals surface area contributed by atoms with E-state index in [0.717, 1.165) is 56.8 Å². The van der Waals surface area contributed by atoms with Gasteiger partial charge in [0.05, 0.1) is 12.9 Å². The highest BCUT2D eigenvalue weighted by molar-refractivity contribution is 5.67. The number of nitrogens with zero attached hydrogens (tertiary/aromatic N) is 3. The summed E-state index contributed by atoms with van der Waals surface area (Å²) in [6, 6.07) is 0.324. The van der Waals surface area contributed by atoms with Crippen LogP contribution in [0.4, 0.5) is 4.79 Å². The van der Waals surface area contributed by atoms with Crippen molar-refractivity contribution in [2.75, 3.05) is 46.9 Å². The predicted molar refractivity (Wildman–Crippen MR) is 83.6 cm³/mol. The van der Waals surface area contributed by atoms with Gasteiger partial charge >= 0.3 is 6.09 Å². The molecular weight excluding hydrogens is 282 g/mol. The van der Waals surface area contributed by atoms with E-state index in [1.54, 1.807) is 7.11 Å². The number of hydrogen-bond donors (Lipinski definition) is 1. The number of likely N-dealkylation sites (N-methyl/N-ethyl adjacent to an activating group) is 1. The lowest BCUT2D eigenvalue weighted by Crippen LogP contribution is -2.51. The smallest absolute Gasteiger partial charge is 0.411 e. The van der Waals surface area contributed by atoms with E-state index in [4.69, 9.17) is 4.74 Å². The standard InChI is InChI=1S/C16H25N3O3/c1-17-7-9-18(10-8-17)14-3-4-15(22-2)12-5-6-19(16(20)21)11-13(12)14/h11,14H,3-10H2,1-2H3,(H,20,21). The zero-order valence-electron chi connectivity index (χ0n) is 13.4. The molecule has 22 heavy (non-hydrogen) atoms. The number of rotatable bonds is 2. The minimum absolute atomic E-state index is 0.324. The van der Waals surface area contributed by atoms with E-state index in [9.17, 15) is 9.90 Å². The van der Waals surface area contributed by atoms with Crippen molar-refractivity contribution in [2.45, 2.75) is 25.3 Å². The van der Waals surface area contributed by atoms with Crippen LogP contribution in [0.3, 0.4) is 0 Å². The Labute approximate surface area is 131 Å². The summed E-state index contributed by atoms with van der Waals surface area (Å²) in [6.45, 7) is 4.75. The Hall–Kier alpha value is -1.53. The molecule has 1 fully saturated rings. The second-order valence-electron chi connectivity index (χ2n) is 6.31. The van der Waals surface area contributed by atoms with Gasteiger partial charge in [-0.15, -0.1) is 0 Å². The van der Waals surface area contributed by atoms with Gasteiger partial charge in [-0.25, -0.2) is 4.79 Å². The molecule has 1 unspecified atom stereocenters. The Balaban J connectivity index is 1.88. The summed E-state index contributed by atoms with van der Waals surface area (Å²) >= 11 is 0. The maximum absolute atomic E-state index is 11.3. The zero-order chi connectivity index (χ0) is 15.7. The number of carboxylic acid groups (broad SMARTS) is 1. The number of piperazine rings is 1. The number of fused-ring (bicyclic) bond motifs is 1. The van der Waals surface area contributed by atoms with Crippen LogP contribution < -0.4 is 0 Å². The van der Waals surface area contributed by atoms with Crippen molar-refractivity contribution in [3.05, 3.63) is 23.1 Å². The summed E-state index contributed by atoms with van der Waals surface area (Å²) in [6.07, 6.45) is 3.69. The first kappa shape index (κ1) is 15.4. The highest BCUT2D eigenvalue weighted by Gasteiger charge is 2.35. The minimum atomic E-state index is -0.867. The second-order valence-corrected chi connectivity index (χ2v) is 6.31. The Bertz CT molecular complexity index is 507. The van der Waals surface area contributed by atoms with E-state index >= 15 is 0 Å². The molecule has 1 N–H and O–H groups in total. The Morgan fingerprint density at radius 1 is 1.23 bits per heavy atom. The minimum Gasteiger partial charge on any atom is -0.501 e. The molecule has 0 bridgehead atoms. The molecule has 1 atom stereocenters. The molecule has 0 spiro atoms. The molecule has 0 saturated carbocycles. The number of hydrogen-bond acceptors (Lipinski definition) is 4. The first-order valence-corrected chi connectivity index (χ1v) is 8.00. The lowest BCUT2D eigenvalue weighted by atomic mass is 9.83. The summed E-state index contributed by atoms with van der Waals surface area (Å²) in [5.41, 5.74) is 2.39. The number of methoxy groups -OCH3 is 1. The van der Waals surface area contributed by atoms with Gasteiger partial charge < -0.3 is 14.7 Å². The summed E-state index contributed by atoms with van der Waals surface area (Å²) in [5, 5.41) is 9.30. The molecule has 122 valence electrons. The molecule has 0 aromatic heterocycles. The van der Waals surface area contributed by atoms with E-state index in [0.29, 0.717) is 12.6 Å². The third-order valence-electron chi connectivity index (χ3n) is 5.06. The maximum atomic E-state index is 11.3. The Morgan fingerprint density at radius 2 is 1.95 bits per heavy atom. The number of ether oxygens (including phenoxy) is 1. The fourth-order valence-electron chi connectivity index (χ4n) is 3.74. The molecule has 2 aliphatic heterocycles. The Morgan fingerprint density at radius 3 is 2.59 bits per heavy atom. The average molecular weight is 307 g/mol. The quantitative estimate of drug-likeness (QED) is 0.839. The fraction of sp³-hybridized carbons (Fsp3) is 0.688. The van der Waals surface area contributed by atoms with Crippen molar-refractivity contribution in [3.63, 3.8) is 0 Å². The topological polar surface area (TPSA) is 56.2 Å². The highest BCUT2D eigenvalue weighted by atomic mass is 16.5. The first-order chi connectivity index (χ1) is 10.6. The molecule has 1 saturated heterocycles. The number of carbonyl (C=O) groups is 1. The largest absolute Gasteiger partial charge is 0.501 e. The normalized spacial score (nSPS) is 27.5. The Kier molecular flexibility index (Phi) is 4.40. The molecule has 2 heterocycles. The van der Waals surface area contributed by atoms with E-state index in [2.05, 4.69) is 16.8 Å². The van der Waals surface area contributed by atoms with Crippen LogP contribution in [-0.4, -0.2) is 78.8 Å². The van der Waals surface area contributed by atoms with Crippen LogP contribution in [0, 0.1) is 0 Å². The van der Waals surface area contributed by atoms with Crippen molar-refractivity contribution in [3.8, 4) is 0 Å². The number of amides is 1. The summed E-state index contributed by atoms with van der Waals surface area (Å²) in [5.74, 6) is 1.04. The molecular formula is C16H25N3O3. The molecule has 0 aromatic carbocycles. The lowest BCUT2D eigenvalue weighted by molar-refractivity contribution is 0.112. The van der Waals surface area contributed by atoms with Crippen molar-refractivity contribution in [1.82, 2.24) is 14.7 Å². The van der Waals surface area contributed by atoms with E-state index < -0.39 is 6.09 Å². The molecule has 3 aliphatic rings. The highest BCUT2D eigenvalue weighted by Crippen LogP contribution is 2.38. The third kappa shape index (κ3) is 2.85. The van der Waals surface area contributed by atoms with Gasteiger partial charge in [0.15, 0.2) is 0 Å². The molecule has 0 radical (unpaired) electrons. The molecule has 6 heteroatoms. The van der Waals surface area contributed by atoms with Gasteiger partial charge in [0.25, 0.3) is 0 Å². The van der Waals surface area contributed by atoms with Crippen LogP contribution >= 0.6 is 0 Å². The van der Waals surface area contributed by atoms with Crippen LogP contribution in [0.5, 0.6) is 0 Å². The summed E-state index contributed by atoms with van der Waals surface area (Å²) in [7, 11) is 3.87. The predicted octanol–water partition coefficient (Wildman–Crippen LogP) is 1.56. The second kappa shape index (κ2) is 6.30. The average Bonchev–Trinajstić information content (AvgIpc) is 2.54. The molecule has 1 aliphatic carbocycles. The van der Waals surface area contributed by atoms with Crippen LogP contribution in [0.2, 0.25) is 0 Å². The van der Waals surface area contributed by atoms with E-state index in [1.807, 2.05) is 6.20 Å². The van der Waals surface area contributed by atoms with Crippen molar-refractivity contribution in [2.24, 2.45) is 0 Å². The van der Waals surface area contributed by atoms with E-state index in [-0.39, 0.29) is 0 Å². The van der Waals surface area contributed by atoms with Crippen LogP contribution in [0.25, 0.3) is 0 Å². The van der Waals surface area contributed by atoms with Gasteiger partial charge in [0.1, 0.15) is 0 Å². The molecule has 1 amide bonds. The number of allylic oxidation sites excluding steroid dienone is 1. The monoisotopic (exact) mass is 307 g/mol. The van der Waals surface area contributed by atoms with E-state index in [1.165, 1.54) is 10.5 Å². The summed E-state index contributed by atoms with van der Waals surface area (Å²) in [4.78, 5) is 17.6. The van der Waals surface area contributed by atoms with Gasteiger partial charge in [0.2, 0.25) is 0 Å². The summed E-state index contributed by atoms with van der Waals surface area (Å²) < 4.78 is 5.56. The van der Waals surface area contributed by atoms with Crippen LogP contribution in [-0.2, 0) is 4.74 Å². The SMILES string of the molecule is COC1=C2CCN(C(=O)O)C=C2C(N2CCN(C)CC2)CC1. The van der Waals surface area contributed by atoms with Gasteiger partial charge in [-0.05, 0) is 31.0 Å². The molecule has 3 rings (SSSR count). The molecule has 0 aromatic rings. The first-order valence-electron chi connectivity index (χ1n) is 8.00. The van der Waals surface area contributed by atoms with Crippen molar-refractivity contribution < 1.29 is 14.6 Å². The van der Waals surface area contributed by atoms with Gasteiger partial charge in [-0.3, -0.25) is 9.80 Å². The van der Waals surface area contributed by atoms with Crippen molar-refractivity contribution in [1.29, 1.82) is 0 Å². The van der Waals surface area contributed by atoms with Gasteiger partial charge in [0, 0.05) is 51.4 Å². The molecule has 6 nitrogen and oxygen atoms in total. The van der Waals surface area contributed by atoms with Crippen LogP contribution in [0.15, 0.2) is 23.1 Å². The third-order valence-corrected chi connectivity index (χ3v) is 5.06. The lowest BCUT2D eigenvalue weighted by Gasteiger charge is -2.43. The maximum Gasteiger partial charge on any atom is 0.411 e. The van der Waals surface area contributed by atoms with Gasteiger partial charge in [-0.2, -0.15) is 0 Å². The zero-order valence-corrected chi connectivity index (χ0v) is 13.4.